The predicted molar refractivity (Wildman–Crippen MR) is 88.5 cm³/mol. The zero-order valence-corrected chi connectivity index (χ0v) is 13.7. The van der Waals surface area contributed by atoms with Gasteiger partial charge in [-0.1, -0.05) is 30.3 Å². The zero-order valence-electron chi connectivity index (χ0n) is 13.7. The van der Waals surface area contributed by atoms with Gasteiger partial charge in [0.25, 0.3) is 0 Å². The molecule has 0 saturated carbocycles. The van der Waals surface area contributed by atoms with Crippen molar-refractivity contribution in [3.63, 3.8) is 0 Å². The summed E-state index contributed by atoms with van der Waals surface area (Å²) in [4.78, 5) is 16.5. The van der Waals surface area contributed by atoms with Crippen molar-refractivity contribution < 1.29 is 4.79 Å². The third-order valence-corrected chi connectivity index (χ3v) is 5.14. The Morgan fingerprint density at radius 1 is 1.14 bits per heavy atom. The van der Waals surface area contributed by atoms with Gasteiger partial charge < -0.3 is 10.2 Å². The molecule has 120 valence electrons. The Morgan fingerprint density at radius 3 is 2.41 bits per heavy atom. The van der Waals surface area contributed by atoms with Crippen molar-refractivity contribution in [2.45, 2.75) is 50.4 Å². The molecule has 2 atom stereocenters. The first-order chi connectivity index (χ1) is 10.6. The van der Waals surface area contributed by atoms with Gasteiger partial charge in [-0.2, -0.15) is 0 Å². The SMILES string of the molecule is CN(Cc1ccccc1)C(=O)CN(C)C1CC2CCC(C1)N2. The smallest absolute Gasteiger partial charge is 0.236 e. The van der Waals surface area contributed by atoms with Crippen LogP contribution >= 0.6 is 0 Å². The van der Waals surface area contributed by atoms with Gasteiger partial charge in [0.1, 0.15) is 0 Å². The van der Waals surface area contributed by atoms with E-state index in [2.05, 4.69) is 29.4 Å². The molecule has 2 bridgehead atoms. The van der Waals surface area contributed by atoms with E-state index in [1.54, 1.807) is 0 Å². The zero-order chi connectivity index (χ0) is 15.5. The molecule has 2 heterocycles. The monoisotopic (exact) mass is 301 g/mol. The maximum atomic E-state index is 12.4. The molecule has 4 heteroatoms. The van der Waals surface area contributed by atoms with Crippen molar-refractivity contribution >= 4 is 5.91 Å². The number of amides is 1. The van der Waals surface area contributed by atoms with Crippen LogP contribution in [0.4, 0.5) is 0 Å². The first-order valence-corrected chi connectivity index (χ1v) is 8.36. The number of nitrogens with one attached hydrogen (secondary N) is 1. The van der Waals surface area contributed by atoms with Gasteiger partial charge in [-0.25, -0.2) is 0 Å². The molecular formula is C18H27N3O. The Bertz CT molecular complexity index is 492. The number of hydrogen-bond donors (Lipinski definition) is 1. The maximum absolute atomic E-state index is 12.4. The average molecular weight is 301 g/mol. The van der Waals surface area contributed by atoms with Crippen molar-refractivity contribution in [3.8, 4) is 0 Å². The molecule has 1 amide bonds. The minimum absolute atomic E-state index is 0.206. The summed E-state index contributed by atoms with van der Waals surface area (Å²) in [6.07, 6.45) is 4.97. The van der Waals surface area contributed by atoms with Crippen LogP contribution in [0.15, 0.2) is 30.3 Å². The van der Waals surface area contributed by atoms with E-state index in [-0.39, 0.29) is 5.91 Å². The molecule has 2 unspecified atom stereocenters. The number of rotatable bonds is 5. The highest BCUT2D eigenvalue weighted by Crippen LogP contribution is 2.29. The number of carbonyl (C=O) groups is 1. The van der Waals surface area contributed by atoms with Gasteiger partial charge in [0.15, 0.2) is 0 Å². The molecule has 22 heavy (non-hydrogen) atoms. The van der Waals surface area contributed by atoms with Gasteiger partial charge >= 0.3 is 0 Å². The molecule has 1 N–H and O–H groups in total. The summed E-state index contributed by atoms with van der Waals surface area (Å²) < 4.78 is 0. The van der Waals surface area contributed by atoms with Gasteiger partial charge in [0.05, 0.1) is 6.54 Å². The summed E-state index contributed by atoms with van der Waals surface area (Å²) in [5.74, 6) is 0.206. The Kier molecular flexibility index (Phi) is 4.79. The highest BCUT2D eigenvalue weighted by Gasteiger charge is 2.35. The average Bonchev–Trinajstić information content (AvgIpc) is 2.86. The maximum Gasteiger partial charge on any atom is 0.236 e. The van der Waals surface area contributed by atoms with Crippen LogP contribution in [0, 0.1) is 0 Å². The van der Waals surface area contributed by atoms with Crippen molar-refractivity contribution in [2.24, 2.45) is 0 Å². The second-order valence-electron chi connectivity index (χ2n) is 6.91. The van der Waals surface area contributed by atoms with E-state index >= 15 is 0 Å². The minimum atomic E-state index is 0.206. The van der Waals surface area contributed by atoms with Crippen LogP contribution in [0.2, 0.25) is 0 Å². The van der Waals surface area contributed by atoms with Crippen LogP contribution in [0.3, 0.4) is 0 Å². The predicted octanol–water partition coefficient (Wildman–Crippen LogP) is 1.86. The van der Waals surface area contributed by atoms with Crippen LogP contribution in [0.1, 0.15) is 31.2 Å². The summed E-state index contributed by atoms with van der Waals surface area (Å²) in [6, 6.07) is 12.1. The highest BCUT2D eigenvalue weighted by atomic mass is 16.2. The quantitative estimate of drug-likeness (QED) is 0.902. The molecule has 0 aliphatic carbocycles. The molecular weight excluding hydrogens is 274 g/mol. The highest BCUT2D eigenvalue weighted by molar-refractivity contribution is 5.78. The van der Waals surface area contributed by atoms with Crippen molar-refractivity contribution in [3.05, 3.63) is 35.9 Å². The molecule has 2 fully saturated rings. The summed E-state index contributed by atoms with van der Waals surface area (Å²) in [7, 11) is 4.00. The fourth-order valence-electron chi connectivity index (χ4n) is 3.80. The Labute approximate surface area is 133 Å². The lowest BCUT2D eigenvalue weighted by molar-refractivity contribution is -0.132. The normalized spacial score (nSPS) is 27.1. The minimum Gasteiger partial charge on any atom is -0.340 e. The molecule has 2 aliphatic heterocycles. The Hall–Kier alpha value is -1.39. The summed E-state index contributed by atoms with van der Waals surface area (Å²) in [6.45, 7) is 1.21. The fraction of sp³-hybridized carbons (Fsp3) is 0.611. The molecule has 3 rings (SSSR count). The summed E-state index contributed by atoms with van der Waals surface area (Å²) in [5, 5.41) is 3.66. The van der Waals surface area contributed by atoms with Crippen LogP contribution in [0.5, 0.6) is 0 Å². The largest absolute Gasteiger partial charge is 0.340 e. The standard InChI is InChI=1S/C18H27N3O/c1-20(17-10-15-8-9-16(11-17)19-15)13-18(22)21(2)12-14-6-4-3-5-7-14/h3-7,15-17,19H,8-13H2,1-2H3. The lowest BCUT2D eigenvalue weighted by Gasteiger charge is -2.35. The lowest BCUT2D eigenvalue weighted by Crippen LogP contribution is -2.49. The number of fused-ring (bicyclic) bond motifs is 2. The van der Waals surface area contributed by atoms with Gasteiger partial charge in [0, 0.05) is 31.7 Å². The third-order valence-electron chi connectivity index (χ3n) is 5.14. The van der Waals surface area contributed by atoms with E-state index in [4.69, 9.17) is 0 Å². The number of hydrogen-bond acceptors (Lipinski definition) is 3. The molecule has 2 aliphatic rings. The Morgan fingerprint density at radius 2 is 1.77 bits per heavy atom. The van der Waals surface area contributed by atoms with Crippen LogP contribution in [-0.4, -0.2) is 54.5 Å². The molecule has 1 aromatic carbocycles. The van der Waals surface area contributed by atoms with Crippen molar-refractivity contribution in [1.82, 2.24) is 15.1 Å². The number of benzene rings is 1. The summed E-state index contributed by atoms with van der Waals surface area (Å²) in [5.41, 5.74) is 1.18. The van der Waals surface area contributed by atoms with Crippen LogP contribution < -0.4 is 5.32 Å². The van der Waals surface area contributed by atoms with Gasteiger partial charge in [-0.05, 0) is 38.3 Å². The Balaban J connectivity index is 1.50. The fourth-order valence-corrected chi connectivity index (χ4v) is 3.80. The first-order valence-electron chi connectivity index (χ1n) is 8.36. The number of carbonyl (C=O) groups excluding carboxylic acids is 1. The first kappa shape index (κ1) is 15.5. The number of nitrogens with zero attached hydrogens (tertiary/aromatic N) is 2. The van der Waals surface area contributed by atoms with Crippen LogP contribution in [0.25, 0.3) is 0 Å². The third kappa shape index (κ3) is 3.68. The van der Waals surface area contributed by atoms with E-state index in [1.165, 1.54) is 31.2 Å². The molecule has 0 spiro atoms. The molecule has 1 aromatic rings. The van der Waals surface area contributed by atoms with Gasteiger partial charge in [-0.3, -0.25) is 9.69 Å². The molecule has 0 aromatic heterocycles. The van der Waals surface area contributed by atoms with Crippen molar-refractivity contribution in [1.29, 1.82) is 0 Å². The van der Waals surface area contributed by atoms with Gasteiger partial charge in [0.2, 0.25) is 5.91 Å². The van der Waals surface area contributed by atoms with E-state index in [0.717, 1.165) is 0 Å². The van der Waals surface area contributed by atoms with E-state index in [1.807, 2.05) is 30.1 Å². The van der Waals surface area contributed by atoms with E-state index in [9.17, 15) is 4.79 Å². The second-order valence-corrected chi connectivity index (χ2v) is 6.91. The number of likely N-dealkylation sites (N-methyl/N-ethyl adjacent to an activating group) is 2. The van der Waals surface area contributed by atoms with Crippen LogP contribution in [-0.2, 0) is 11.3 Å². The topological polar surface area (TPSA) is 35.6 Å². The molecule has 4 nitrogen and oxygen atoms in total. The van der Waals surface area contributed by atoms with Gasteiger partial charge in [-0.15, -0.1) is 0 Å². The van der Waals surface area contributed by atoms with E-state index in [0.29, 0.717) is 31.2 Å². The summed E-state index contributed by atoms with van der Waals surface area (Å²) >= 11 is 0. The molecule has 2 saturated heterocycles. The van der Waals surface area contributed by atoms with E-state index < -0.39 is 0 Å². The second kappa shape index (κ2) is 6.80. The van der Waals surface area contributed by atoms with Crippen molar-refractivity contribution in [2.75, 3.05) is 20.6 Å². The number of piperidine rings is 1. The molecule has 0 radical (unpaired) electrons. The lowest BCUT2D eigenvalue weighted by atomic mass is 9.98.